The fourth-order valence-corrected chi connectivity index (χ4v) is 6.24. The molecule has 3 N–H and O–H groups in total. The van der Waals surface area contributed by atoms with Crippen molar-refractivity contribution in [2.24, 2.45) is 0 Å². The highest BCUT2D eigenvalue weighted by Gasteiger charge is 2.26. The molecule has 1 fully saturated rings. The van der Waals surface area contributed by atoms with E-state index in [1.807, 2.05) is 24.3 Å². The zero-order chi connectivity index (χ0) is 31.8. The lowest BCUT2D eigenvalue weighted by Gasteiger charge is -2.22. The van der Waals surface area contributed by atoms with Crippen molar-refractivity contribution in [2.45, 2.75) is 57.4 Å². The first-order valence-corrected chi connectivity index (χ1v) is 16.3. The second-order valence-corrected chi connectivity index (χ2v) is 12.7. The van der Waals surface area contributed by atoms with Gasteiger partial charge in [-0.2, -0.15) is 0 Å². The molecule has 2 aromatic carbocycles. The molecule has 1 saturated carbocycles. The summed E-state index contributed by atoms with van der Waals surface area (Å²) in [6.07, 6.45) is 7.95. The fourth-order valence-electron chi connectivity index (χ4n) is 6.24. The van der Waals surface area contributed by atoms with E-state index < -0.39 is 5.97 Å². The predicted octanol–water partition coefficient (Wildman–Crippen LogP) is 6.01. The number of nitrogens with one attached hydrogen (secondary N) is 2. The number of aromatic nitrogens is 4. The van der Waals surface area contributed by atoms with Crippen LogP contribution in [0.2, 0.25) is 0 Å². The van der Waals surface area contributed by atoms with Gasteiger partial charge in [0.25, 0.3) is 0 Å². The highest BCUT2D eigenvalue weighted by molar-refractivity contribution is 5.96. The summed E-state index contributed by atoms with van der Waals surface area (Å²) in [7, 11) is 8.35. The Morgan fingerprint density at radius 1 is 0.867 bits per heavy atom. The van der Waals surface area contributed by atoms with E-state index in [9.17, 15) is 9.90 Å². The number of nitrogens with zero attached hydrogens (tertiary/aromatic N) is 6. The number of carboxylic acids is 1. The van der Waals surface area contributed by atoms with Crippen molar-refractivity contribution in [3.63, 3.8) is 0 Å². The van der Waals surface area contributed by atoms with E-state index in [2.05, 4.69) is 70.4 Å². The molecule has 0 atom stereocenters. The van der Waals surface area contributed by atoms with Gasteiger partial charge in [0.1, 0.15) is 16.9 Å². The number of aromatic carboxylic acids is 1. The van der Waals surface area contributed by atoms with Crippen LogP contribution in [-0.4, -0.2) is 95.0 Å². The van der Waals surface area contributed by atoms with Gasteiger partial charge in [0, 0.05) is 25.6 Å². The second kappa shape index (κ2) is 15.3. The quantitative estimate of drug-likeness (QED) is 0.139. The monoisotopic (exact) mass is 612 g/mol. The number of carbonyl (C=O) groups is 1. The SMILES string of the molecule is CN(C)CCCNc1nnc(NCCCN(C)C)c2c1nc(C1CCCCC1)n2Cc1ccc(-c2ccccc2C(=O)O)cc1. The summed E-state index contributed by atoms with van der Waals surface area (Å²) in [6, 6.07) is 15.4. The third-order valence-corrected chi connectivity index (χ3v) is 8.58. The summed E-state index contributed by atoms with van der Waals surface area (Å²) in [5.74, 6) is 2.07. The first-order chi connectivity index (χ1) is 21.8. The summed E-state index contributed by atoms with van der Waals surface area (Å²) >= 11 is 0. The molecule has 0 radical (unpaired) electrons. The Bertz CT molecular complexity index is 1560. The molecular weight excluding hydrogens is 564 g/mol. The number of imidazole rings is 1. The maximum Gasteiger partial charge on any atom is 0.336 e. The Morgan fingerprint density at radius 3 is 2.13 bits per heavy atom. The van der Waals surface area contributed by atoms with Gasteiger partial charge in [0.15, 0.2) is 11.6 Å². The van der Waals surface area contributed by atoms with Crippen LogP contribution in [-0.2, 0) is 6.54 Å². The average Bonchev–Trinajstić information content (AvgIpc) is 3.42. The van der Waals surface area contributed by atoms with E-state index in [1.165, 1.54) is 19.3 Å². The number of hydrogen-bond donors (Lipinski definition) is 3. The maximum absolute atomic E-state index is 11.8. The predicted molar refractivity (Wildman–Crippen MR) is 182 cm³/mol. The number of benzene rings is 2. The Hall–Kier alpha value is -4.02. The summed E-state index contributed by atoms with van der Waals surface area (Å²) < 4.78 is 2.36. The Labute approximate surface area is 266 Å². The van der Waals surface area contributed by atoms with Gasteiger partial charge in [-0.15, -0.1) is 10.2 Å². The second-order valence-electron chi connectivity index (χ2n) is 12.7. The van der Waals surface area contributed by atoms with E-state index in [0.717, 1.165) is 97.0 Å². The van der Waals surface area contributed by atoms with Crippen molar-refractivity contribution in [3.05, 3.63) is 65.5 Å². The van der Waals surface area contributed by atoms with Crippen molar-refractivity contribution < 1.29 is 9.90 Å². The lowest BCUT2D eigenvalue weighted by molar-refractivity contribution is 0.0697. The van der Waals surface area contributed by atoms with Crippen LogP contribution >= 0.6 is 0 Å². The largest absolute Gasteiger partial charge is 0.478 e. The maximum atomic E-state index is 11.8. The molecule has 0 saturated heterocycles. The van der Waals surface area contributed by atoms with Crippen molar-refractivity contribution in [1.82, 2.24) is 29.5 Å². The molecular formula is C35H48N8O2. The van der Waals surface area contributed by atoms with Crippen molar-refractivity contribution in [1.29, 1.82) is 0 Å². The molecule has 2 heterocycles. The molecule has 240 valence electrons. The van der Waals surface area contributed by atoms with E-state index in [-0.39, 0.29) is 0 Å². The van der Waals surface area contributed by atoms with Crippen LogP contribution in [0.5, 0.6) is 0 Å². The Morgan fingerprint density at radius 2 is 1.49 bits per heavy atom. The first kappa shape index (κ1) is 32.4. The molecule has 0 unspecified atom stereocenters. The van der Waals surface area contributed by atoms with Gasteiger partial charge in [-0.25, -0.2) is 9.78 Å². The summed E-state index contributed by atoms with van der Waals surface area (Å²) in [5.41, 5.74) is 4.90. The molecule has 5 rings (SSSR count). The van der Waals surface area contributed by atoms with Crippen LogP contribution < -0.4 is 10.6 Å². The van der Waals surface area contributed by atoms with Crippen LogP contribution in [0, 0.1) is 0 Å². The lowest BCUT2D eigenvalue weighted by Crippen LogP contribution is -2.18. The van der Waals surface area contributed by atoms with Crippen molar-refractivity contribution in [2.75, 3.05) is 65.0 Å². The summed E-state index contributed by atoms with van der Waals surface area (Å²) in [4.78, 5) is 21.6. The van der Waals surface area contributed by atoms with E-state index >= 15 is 0 Å². The van der Waals surface area contributed by atoms with Crippen LogP contribution in [0.25, 0.3) is 22.2 Å². The highest BCUT2D eigenvalue weighted by Crippen LogP contribution is 2.37. The van der Waals surface area contributed by atoms with Gasteiger partial charge in [-0.1, -0.05) is 61.7 Å². The minimum absolute atomic E-state index is 0.305. The zero-order valence-corrected chi connectivity index (χ0v) is 27.2. The van der Waals surface area contributed by atoms with Crippen LogP contribution in [0.1, 0.15) is 72.6 Å². The number of carboxylic acid groups (broad SMARTS) is 1. The van der Waals surface area contributed by atoms with Crippen LogP contribution in [0.15, 0.2) is 48.5 Å². The normalized spacial score (nSPS) is 14.0. The number of hydrogen-bond acceptors (Lipinski definition) is 8. The molecule has 4 aromatic rings. The molecule has 10 nitrogen and oxygen atoms in total. The number of rotatable bonds is 15. The van der Waals surface area contributed by atoms with Crippen molar-refractivity contribution >= 4 is 28.6 Å². The van der Waals surface area contributed by atoms with Gasteiger partial charge in [0.05, 0.1) is 5.56 Å². The summed E-state index contributed by atoms with van der Waals surface area (Å²) in [5, 5.41) is 26.2. The molecule has 0 amide bonds. The van der Waals surface area contributed by atoms with Crippen molar-refractivity contribution in [3.8, 4) is 11.1 Å². The van der Waals surface area contributed by atoms with E-state index in [1.54, 1.807) is 12.1 Å². The molecule has 2 aromatic heterocycles. The van der Waals surface area contributed by atoms with E-state index in [4.69, 9.17) is 10.1 Å². The molecule has 0 spiro atoms. The van der Waals surface area contributed by atoms with Gasteiger partial charge in [0.2, 0.25) is 0 Å². The Balaban J connectivity index is 1.53. The lowest BCUT2D eigenvalue weighted by atomic mass is 9.88. The third-order valence-electron chi connectivity index (χ3n) is 8.58. The Kier molecular flexibility index (Phi) is 11.0. The number of fused-ring (bicyclic) bond motifs is 1. The van der Waals surface area contributed by atoms with Crippen LogP contribution in [0.3, 0.4) is 0 Å². The fraction of sp³-hybridized carbons (Fsp3) is 0.486. The molecule has 45 heavy (non-hydrogen) atoms. The van der Waals surface area contributed by atoms with E-state index in [0.29, 0.717) is 18.0 Å². The third kappa shape index (κ3) is 8.18. The molecule has 10 heteroatoms. The van der Waals surface area contributed by atoms with Gasteiger partial charge < -0.3 is 30.1 Å². The molecule has 0 aliphatic heterocycles. The van der Waals surface area contributed by atoms with Gasteiger partial charge in [-0.05, 0) is 89.7 Å². The minimum Gasteiger partial charge on any atom is -0.478 e. The summed E-state index contributed by atoms with van der Waals surface area (Å²) in [6.45, 7) is 4.20. The average molecular weight is 613 g/mol. The molecule has 1 aliphatic rings. The van der Waals surface area contributed by atoms with Gasteiger partial charge in [-0.3, -0.25) is 0 Å². The topological polar surface area (TPSA) is 111 Å². The van der Waals surface area contributed by atoms with Gasteiger partial charge >= 0.3 is 5.97 Å². The highest BCUT2D eigenvalue weighted by atomic mass is 16.4. The first-order valence-electron chi connectivity index (χ1n) is 16.3. The standard InChI is InChI=1S/C35H48N8O2/c1-41(2)22-10-20-36-32-30-31(33(40-39-32)37-21-11-23-42(3)4)43(34(38-30)27-12-6-5-7-13-27)24-25-16-18-26(19-17-25)28-14-8-9-15-29(28)35(44)45/h8-9,14-19,27H,5-7,10-13,20-24H2,1-4H3,(H,36,39)(H,37,40)(H,44,45). The minimum atomic E-state index is -0.922. The number of anilines is 2. The van der Waals surface area contributed by atoms with Crippen LogP contribution in [0.4, 0.5) is 11.6 Å². The zero-order valence-electron chi connectivity index (χ0n) is 27.2. The smallest absolute Gasteiger partial charge is 0.336 e. The molecule has 0 bridgehead atoms. The molecule has 1 aliphatic carbocycles.